The van der Waals surface area contributed by atoms with Gasteiger partial charge in [-0.1, -0.05) is 12.1 Å². The number of piperidine rings is 1. The Morgan fingerprint density at radius 2 is 1.71 bits per heavy atom. The van der Waals surface area contributed by atoms with Crippen LogP contribution in [0.1, 0.15) is 38.2 Å². The molecule has 0 atom stereocenters. The van der Waals surface area contributed by atoms with E-state index in [0.29, 0.717) is 25.1 Å². The number of pyridine rings is 1. The van der Waals surface area contributed by atoms with Gasteiger partial charge in [-0.2, -0.15) is 4.98 Å². The second kappa shape index (κ2) is 10.2. The van der Waals surface area contributed by atoms with Gasteiger partial charge in [0.15, 0.2) is 5.82 Å². The van der Waals surface area contributed by atoms with Crippen molar-refractivity contribution in [2.24, 2.45) is 11.7 Å². The van der Waals surface area contributed by atoms with E-state index in [-0.39, 0.29) is 6.54 Å². The van der Waals surface area contributed by atoms with Crippen LogP contribution in [-0.4, -0.2) is 79.5 Å². The number of hydrogen-bond donors (Lipinski definition) is 2. The second-order valence-corrected chi connectivity index (χ2v) is 10.9. The van der Waals surface area contributed by atoms with Crippen molar-refractivity contribution >= 4 is 27.9 Å². The highest BCUT2D eigenvalue weighted by atomic mass is 16.5. The Morgan fingerprint density at radius 1 is 0.947 bits per heavy atom. The van der Waals surface area contributed by atoms with Crippen LogP contribution in [0.3, 0.4) is 0 Å². The van der Waals surface area contributed by atoms with E-state index in [1.807, 2.05) is 42.7 Å². The molecule has 10 heteroatoms. The Balaban J connectivity index is 1.38. The highest BCUT2D eigenvalue weighted by Gasteiger charge is 2.30. The molecular formula is C28H36N8O2. The summed E-state index contributed by atoms with van der Waals surface area (Å²) in [4.78, 5) is 24.5. The molecule has 3 aromatic heterocycles. The van der Waals surface area contributed by atoms with Crippen LogP contribution in [-0.2, 0) is 17.8 Å². The average Bonchev–Trinajstić information content (AvgIpc) is 3.31. The molecule has 200 valence electrons. The lowest BCUT2D eigenvalue weighted by Gasteiger charge is -2.37. The molecule has 0 saturated carbocycles. The van der Waals surface area contributed by atoms with Crippen molar-refractivity contribution in [1.29, 1.82) is 0 Å². The SMILES string of the molecule is CC(C)(O)C1CCN(Cc2ccc3nc(-n4c(CN)nc5ccccc54)nc(N4CCOCC4)c3n2)CC1. The maximum Gasteiger partial charge on any atom is 0.238 e. The number of imidazole rings is 1. The van der Waals surface area contributed by atoms with Crippen LogP contribution < -0.4 is 10.6 Å². The third kappa shape index (κ3) is 4.84. The van der Waals surface area contributed by atoms with Crippen molar-refractivity contribution in [3.05, 3.63) is 47.9 Å². The molecule has 0 unspecified atom stereocenters. The molecule has 38 heavy (non-hydrogen) atoms. The first-order valence-electron chi connectivity index (χ1n) is 13.5. The van der Waals surface area contributed by atoms with Crippen molar-refractivity contribution in [3.8, 4) is 5.95 Å². The number of aliphatic hydroxyl groups is 1. The summed E-state index contributed by atoms with van der Waals surface area (Å²) >= 11 is 0. The van der Waals surface area contributed by atoms with Gasteiger partial charge in [-0.3, -0.25) is 9.47 Å². The first-order chi connectivity index (χ1) is 18.4. The summed E-state index contributed by atoms with van der Waals surface area (Å²) in [5.41, 5.74) is 9.86. The van der Waals surface area contributed by atoms with E-state index in [9.17, 15) is 5.11 Å². The van der Waals surface area contributed by atoms with E-state index in [1.165, 1.54) is 0 Å². The number of hydrogen-bond acceptors (Lipinski definition) is 9. The fourth-order valence-corrected chi connectivity index (χ4v) is 5.67. The topological polar surface area (TPSA) is 118 Å². The van der Waals surface area contributed by atoms with E-state index in [4.69, 9.17) is 30.4 Å². The zero-order valence-corrected chi connectivity index (χ0v) is 22.2. The summed E-state index contributed by atoms with van der Waals surface area (Å²) in [6.45, 7) is 9.59. The summed E-state index contributed by atoms with van der Waals surface area (Å²) in [7, 11) is 0. The number of morpholine rings is 1. The molecule has 10 nitrogen and oxygen atoms in total. The molecular weight excluding hydrogens is 480 g/mol. The number of rotatable bonds is 6. The molecule has 2 saturated heterocycles. The predicted molar refractivity (Wildman–Crippen MR) is 147 cm³/mol. The van der Waals surface area contributed by atoms with Gasteiger partial charge in [0.2, 0.25) is 5.95 Å². The minimum absolute atomic E-state index is 0.282. The number of ether oxygens (including phenoxy) is 1. The molecule has 3 N–H and O–H groups in total. The highest BCUT2D eigenvalue weighted by Crippen LogP contribution is 2.30. The summed E-state index contributed by atoms with van der Waals surface area (Å²) in [6, 6.07) is 12.1. The molecule has 0 aliphatic carbocycles. The molecule has 0 radical (unpaired) electrons. The number of likely N-dealkylation sites (tertiary alicyclic amines) is 1. The lowest BCUT2D eigenvalue weighted by Crippen LogP contribution is -2.41. The van der Waals surface area contributed by atoms with Gasteiger partial charge in [-0.05, 0) is 70.0 Å². The van der Waals surface area contributed by atoms with Crippen LogP contribution in [0.4, 0.5) is 5.82 Å². The molecule has 6 rings (SSSR count). The Hall–Kier alpha value is -3.18. The van der Waals surface area contributed by atoms with Gasteiger partial charge >= 0.3 is 0 Å². The third-order valence-electron chi connectivity index (χ3n) is 7.87. The quantitative estimate of drug-likeness (QED) is 0.399. The van der Waals surface area contributed by atoms with Crippen molar-refractivity contribution in [3.63, 3.8) is 0 Å². The van der Waals surface area contributed by atoms with Crippen molar-refractivity contribution in [2.45, 2.75) is 45.4 Å². The summed E-state index contributed by atoms with van der Waals surface area (Å²) in [5.74, 6) is 2.42. The highest BCUT2D eigenvalue weighted by molar-refractivity contribution is 5.87. The monoisotopic (exact) mass is 516 g/mol. The average molecular weight is 517 g/mol. The molecule has 0 amide bonds. The zero-order valence-electron chi connectivity index (χ0n) is 22.2. The van der Waals surface area contributed by atoms with Crippen LogP contribution >= 0.6 is 0 Å². The maximum atomic E-state index is 10.4. The standard InChI is InChI=1S/C28H36N8O2/c1-28(2,37)19-9-11-34(12-10-19)18-20-7-8-22-25(30-20)26(35-13-15-38-16-14-35)33-27(32-22)36-23-6-4-3-5-21(23)31-24(36)17-29/h3-8,19,37H,9-18,29H2,1-2H3. The molecule has 2 aliphatic rings. The van der Waals surface area contributed by atoms with Crippen molar-refractivity contribution < 1.29 is 9.84 Å². The minimum atomic E-state index is -0.625. The number of anilines is 1. The van der Waals surface area contributed by atoms with E-state index >= 15 is 0 Å². The number of nitrogens with zero attached hydrogens (tertiary/aromatic N) is 7. The summed E-state index contributed by atoms with van der Waals surface area (Å²) in [5, 5.41) is 10.4. The molecule has 0 spiro atoms. The lowest BCUT2D eigenvalue weighted by atomic mass is 9.83. The summed E-state index contributed by atoms with van der Waals surface area (Å²) < 4.78 is 7.58. The van der Waals surface area contributed by atoms with E-state index in [0.717, 1.165) is 85.0 Å². The molecule has 2 aliphatic heterocycles. The molecule has 0 bridgehead atoms. The maximum absolute atomic E-state index is 10.4. The fourth-order valence-electron chi connectivity index (χ4n) is 5.67. The Labute approximate surface area is 222 Å². The Morgan fingerprint density at radius 3 is 2.45 bits per heavy atom. The van der Waals surface area contributed by atoms with Crippen LogP contribution in [0, 0.1) is 5.92 Å². The second-order valence-electron chi connectivity index (χ2n) is 10.9. The van der Waals surface area contributed by atoms with Gasteiger partial charge in [0.1, 0.15) is 11.3 Å². The largest absolute Gasteiger partial charge is 0.390 e. The Bertz CT molecular complexity index is 1430. The van der Waals surface area contributed by atoms with Crippen molar-refractivity contribution in [2.75, 3.05) is 44.3 Å². The van der Waals surface area contributed by atoms with Gasteiger partial charge < -0.3 is 20.5 Å². The van der Waals surface area contributed by atoms with E-state index < -0.39 is 5.60 Å². The molecule has 1 aromatic carbocycles. The van der Waals surface area contributed by atoms with Gasteiger partial charge in [0, 0.05) is 19.6 Å². The fraction of sp³-hybridized carbons (Fsp3) is 0.500. The smallest absolute Gasteiger partial charge is 0.238 e. The summed E-state index contributed by atoms with van der Waals surface area (Å²) in [6.07, 6.45) is 1.98. The number of fused-ring (bicyclic) bond motifs is 2. The number of nitrogens with two attached hydrogens (primary N) is 1. The Kier molecular flexibility index (Phi) is 6.73. The zero-order chi connectivity index (χ0) is 26.3. The van der Waals surface area contributed by atoms with Gasteiger partial charge in [0.25, 0.3) is 0 Å². The van der Waals surface area contributed by atoms with Gasteiger partial charge in [0.05, 0.1) is 47.6 Å². The van der Waals surface area contributed by atoms with Crippen LogP contribution in [0.15, 0.2) is 36.4 Å². The third-order valence-corrected chi connectivity index (χ3v) is 7.87. The van der Waals surface area contributed by atoms with E-state index in [1.54, 1.807) is 0 Å². The lowest BCUT2D eigenvalue weighted by molar-refractivity contribution is -0.0137. The molecule has 2 fully saturated rings. The van der Waals surface area contributed by atoms with Gasteiger partial charge in [-0.15, -0.1) is 0 Å². The number of benzene rings is 1. The van der Waals surface area contributed by atoms with Crippen LogP contribution in [0.25, 0.3) is 28.0 Å². The number of para-hydroxylation sites is 2. The molecule has 5 heterocycles. The minimum Gasteiger partial charge on any atom is -0.390 e. The van der Waals surface area contributed by atoms with E-state index in [2.05, 4.69) is 21.9 Å². The predicted octanol–water partition coefficient (Wildman–Crippen LogP) is 2.64. The van der Waals surface area contributed by atoms with Crippen LogP contribution in [0.5, 0.6) is 0 Å². The number of aromatic nitrogens is 5. The first-order valence-corrected chi connectivity index (χ1v) is 13.5. The van der Waals surface area contributed by atoms with Crippen LogP contribution in [0.2, 0.25) is 0 Å². The molecule has 4 aromatic rings. The normalized spacial score (nSPS) is 18.1. The van der Waals surface area contributed by atoms with Gasteiger partial charge in [-0.25, -0.2) is 15.0 Å². The first kappa shape index (κ1) is 25.1. The van der Waals surface area contributed by atoms with Crippen molar-refractivity contribution in [1.82, 2.24) is 29.4 Å².